The molecule has 3 aromatic carbocycles. The van der Waals surface area contributed by atoms with Gasteiger partial charge in [0.1, 0.15) is 5.75 Å². The van der Waals surface area contributed by atoms with E-state index in [1.54, 1.807) is 42.5 Å². The lowest BCUT2D eigenvalue weighted by Crippen LogP contribution is -2.20. The molecule has 0 fully saturated rings. The standard InChI is InChI=1S/C32H37ClN2O5/c1-31(2,3)24-16-20(17-25(29(24)37)32(4,5)6)9-15-28(36)35-34-19-21-8-14-26(27(18-21)39-7)40-30(38)22-10-12-23(33)13-11-22/h8,10-14,16-19,37H,9,15H2,1-7H3,(H,35,36)/b34-19-. The van der Waals surface area contributed by atoms with Crippen molar-refractivity contribution >= 4 is 29.7 Å². The number of hydrazone groups is 1. The van der Waals surface area contributed by atoms with Gasteiger partial charge in [0.15, 0.2) is 11.5 Å². The number of esters is 1. The van der Waals surface area contributed by atoms with Crippen molar-refractivity contribution in [3.8, 4) is 17.2 Å². The lowest BCUT2D eigenvalue weighted by atomic mass is 9.78. The molecule has 0 bridgehead atoms. The molecule has 1 amide bonds. The lowest BCUT2D eigenvalue weighted by molar-refractivity contribution is -0.121. The highest BCUT2D eigenvalue weighted by molar-refractivity contribution is 6.30. The third-order valence-corrected chi connectivity index (χ3v) is 6.55. The molecule has 0 aliphatic rings. The average Bonchev–Trinajstić information content (AvgIpc) is 2.87. The topological polar surface area (TPSA) is 97.2 Å². The Balaban J connectivity index is 1.63. The van der Waals surface area contributed by atoms with Gasteiger partial charge in [0.05, 0.1) is 18.9 Å². The van der Waals surface area contributed by atoms with E-state index in [0.717, 1.165) is 16.7 Å². The van der Waals surface area contributed by atoms with Crippen LogP contribution in [0, 0.1) is 0 Å². The summed E-state index contributed by atoms with van der Waals surface area (Å²) in [6, 6.07) is 15.3. The van der Waals surface area contributed by atoms with E-state index in [2.05, 4.69) is 52.1 Å². The minimum atomic E-state index is -0.540. The summed E-state index contributed by atoms with van der Waals surface area (Å²) in [5.41, 5.74) is 5.80. The number of ether oxygens (including phenoxy) is 2. The van der Waals surface area contributed by atoms with Crippen molar-refractivity contribution in [1.29, 1.82) is 0 Å². The number of carbonyl (C=O) groups is 2. The quantitative estimate of drug-likeness (QED) is 0.133. The van der Waals surface area contributed by atoms with Gasteiger partial charge in [-0.3, -0.25) is 4.79 Å². The fourth-order valence-corrected chi connectivity index (χ4v) is 4.19. The van der Waals surface area contributed by atoms with Gasteiger partial charge in [-0.1, -0.05) is 65.3 Å². The maximum atomic E-state index is 12.5. The number of amides is 1. The third-order valence-electron chi connectivity index (χ3n) is 6.30. The van der Waals surface area contributed by atoms with Crippen molar-refractivity contribution in [2.45, 2.75) is 65.2 Å². The van der Waals surface area contributed by atoms with Gasteiger partial charge < -0.3 is 14.6 Å². The molecule has 40 heavy (non-hydrogen) atoms. The van der Waals surface area contributed by atoms with Crippen LogP contribution < -0.4 is 14.9 Å². The molecule has 0 saturated heterocycles. The molecule has 0 saturated carbocycles. The summed E-state index contributed by atoms with van der Waals surface area (Å²) in [6.45, 7) is 12.4. The summed E-state index contributed by atoms with van der Waals surface area (Å²) in [5.74, 6) is 0.135. The molecular weight excluding hydrogens is 528 g/mol. The first-order valence-corrected chi connectivity index (χ1v) is 13.4. The van der Waals surface area contributed by atoms with Gasteiger partial charge in [-0.15, -0.1) is 0 Å². The number of nitrogens with one attached hydrogen (secondary N) is 1. The minimum Gasteiger partial charge on any atom is -0.507 e. The summed E-state index contributed by atoms with van der Waals surface area (Å²) in [6.07, 6.45) is 2.23. The van der Waals surface area contributed by atoms with Gasteiger partial charge in [-0.05, 0) is 82.0 Å². The fraction of sp³-hybridized carbons (Fsp3) is 0.344. The van der Waals surface area contributed by atoms with Crippen molar-refractivity contribution in [1.82, 2.24) is 5.43 Å². The average molecular weight is 565 g/mol. The van der Waals surface area contributed by atoms with Crippen LogP contribution in [0.5, 0.6) is 17.2 Å². The van der Waals surface area contributed by atoms with Gasteiger partial charge in [-0.25, -0.2) is 10.2 Å². The Bertz CT molecular complexity index is 1370. The van der Waals surface area contributed by atoms with Crippen molar-refractivity contribution in [2.24, 2.45) is 5.10 Å². The number of aromatic hydroxyl groups is 1. The molecule has 2 N–H and O–H groups in total. The highest BCUT2D eigenvalue weighted by Gasteiger charge is 2.26. The molecule has 0 aromatic heterocycles. The summed E-state index contributed by atoms with van der Waals surface area (Å²) < 4.78 is 10.8. The van der Waals surface area contributed by atoms with E-state index in [4.69, 9.17) is 21.1 Å². The van der Waals surface area contributed by atoms with Crippen LogP contribution in [0.1, 0.15) is 80.6 Å². The van der Waals surface area contributed by atoms with E-state index < -0.39 is 5.97 Å². The van der Waals surface area contributed by atoms with Crippen LogP contribution in [0.25, 0.3) is 0 Å². The Hall–Kier alpha value is -3.84. The molecular formula is C32H37ClN2O5. The SMILES string of the molecule is COc1cc(/C=N\NC(=O)CCc2cc(C(C)(C)C)c(O)c(C(C)(C)C)c2)ccc1OC(=O)c1ccc(Cl)cc1. The molecule has 7 nitrogen and oxygen atoms in total. The predicted molar refractivity (Wildman–Crippen MR) is 159 cm³/mol. The zero-order chi connectivity index (χ0) is 29.7. The van der Waals surface area contributed by atoms with E-state index in [1.807, 2.05) is 12.1 Å². The number of halogens is 1. The van der Waals surface area contributed by atoms with Crippen molar-refractivity contribution < 1.29 is 24.2 Å². The largest absolute Gasteiger partial charge is 0.507 e. The normalized spacial score (nSPS) is 11.9. The Morgan fingerprint density at radius 1 is 0.925 bits per heavy atom. The summed E-state index contributed by atoms with van der Waals surface area (Å²) in [7, 11) is 1.47. The highest BCUT2D eigenvalue weighted by Crippen LogP contribution is 2.40. The second-order valence-electron chi connectivity index (χ2n) is 11.6. The van der Waals surface area contributed by atoms with Gasteiger partial charge in [-0.2, -0.15) is 5.10 Å². The Kier molecular flexibility index (Phi) is 9.64. The molecule has 0 spiro atoms. The van der Waals surface area contributed by atoms with E-state index >= 15 is 0 Å². The van der Waals surface area contributed by atoms with E-state index in [0.29, 0.717) is 34.1 Å². The Morgan fingerprint density at radius 3 is 2.08 bits per heavy atom. The zero-order valence-electron chi connectivity index (χ0n) is 24.1. The van der Waals surface area contributed by atoms with Crippen molar-refractivity contribution in [3.63, 3.8) is 0 Å². The number of phenolic OH excluding ortho intramolecular Hbond substituents is 1. The third kappa shape index (κ3) is 8.09. The van der Waals surface area contributed by atoms with Crippen LogP contribution >= 0.6 is 11.6 Å². The smallest absolute Gasteiger partial charge is 0.343 e. The van der Waals surface area contributed by atoms with Crippen LogP contribution in [0.2, 0.25) is 5.02 Å². The first-order valence-electron chi connectivity index (χ1n) is 13.0. The molecule has 8 heteroatoms. The first-order chi connectivity index (χ1) is 18.7. The zero-order valence-corrected chi connectivity index (χ0v) is 24.8. The number of hydrogen-bond acceptors (Lipinski definition) is 6. The number of methoxy groups -OCH3 is 1. The maximum Gasteiger partial charge on any atom is 0.343 e. The number of carbonyl (C=O) groups excluding carboxylic acids is 2. The molecule has 0 atom stereocenters. The fourth-order valence-electron chi connectivity index (χ4n) is 4.07. The molecule has 0 radical (unpaired) electrons. The summed E-state index contributed by atoms with van der Waals surface area (Å²) in [5, 5.41) is 15.5. The molecule has 212 valence electrons. The number of phenols is 1. The number of aryl methyl sites for hydroxylation is 1. The number of rotatable bonds is 8. The molecule has 0 unspecified atom stereocenters. The van der Waals surface area contributed by atoms with E-state index in [-0.39, 0.29) is 28.9 Å². The van der Waals surface area contributed by atoms with Crippen molar-refractivity contribution in [3.05, 3.63) is 87.4 Å². The summed E-state index contributed by atoms with van der Waals surface area (Å²) in [4.78, 5) is 25.0. The van der Waals surface area contributed by atoms with Crippen LogP contribution in [0.3, 0.4) is 0 Å². The maximum absolute atomic E-state index is 12.5. The first kappa shape index (κ1) is 30.7. The number of benzene rings is 3. The minimum absolute atomic E-state index is 0.234. The van der Waals surface area contributed by atoms with E-state index in [9.17, 15) is 14.7 Å². The second-order valence-corrected chi connectivity index (χ2v) is 12.1. The van der Waals surface area contributed by atoms with Gasteiger partial charge in [0.25, 0.3) is 0 Å². The molecule has 0 aliphatic heterocycles. The highest BCUT2D eigenvalue weighted by atomic mass is 35.5. The molecule has 0 heterocycles. The predicted octanol–water partition coefficient (Wildman–Crippen LogP) is 6.95. The molecule has 0 aliphatic carbocycles. The van der Waals surface area contributed by atoms with Gasteiger partial charge in [0.2, 0.25) is 5.91 Å². The Morgan fingerprint density at radius 2 is 1.52 bits per heavy atom. The van der Waals surface area contributed by atoms with Gasteiger partial charge >= 0.3 is 5.97 Å². The monoisotopic (exact) mass is 564 g/mol. The van der Waals surface area contributed by atoms with Crippen LogP contribution in [0.15, 0.2) is 59.7 Å². The van der Waals surface area contributed by atoms with E-state index in [1.165, 1.54) is 13.3 Å². The van der Waals surface area contributed by atoms with Crippen molar-refractivity contribution in [2.75, 3.05) is 7.11 Å². The molecule has 3 rings (SSSR count). The lowest BCUT2D eigenvalue weighted by Gasteiger charge is -2.28. The number of hydrogen-bond donors (Lipinski definition) is 2. The van der Waals surface area contributed by atoms with Crippen LogP contribution in [-0.4, -0.2) is 30.3 Å². The van der Waals surface area contributed by atoms with Crippen LogP contribution in [0.4, 0.5) is 0 Å². The summed E-state index contributed by atoms with van der Waals surface area (Å²) >= 11 is 5.88. The molecule has 3 aromatic rings. The second kappa shape index (κ2) is 12.6. The van der Waals surface area contributed by atoms with Gasteiger partial charge in [0, 0.05) is 11.4 Å². The Labute approximate surface area is 241 Å². The number of nitrogens with zero attached hydrogens (tertiary/aromatic N) is 1. The van der Waals surface area contributed by atoms with Crippen LogP contribution in [-0.2, 0) is 22.0 Å².